The minimum atomic E-state index is 0.702. The molecule has 0 amide bonds. The van der Waals surface area contributed by atoms with Gasteiger partial charge in [-0.1, -0.05) is 30.3 Å². The van der Waals surface area contributed by atoms with Crippen LogP contribution in [0.3, 0.4) is 0 Å². The summed E-state index contributed by atoms with van der Waals surface area (Å²) >= 11 is 0. The summed E-state index contributed by atoms with van der Waals surface area (Å²) in [5, 5.41) is 3.32. The molecule has 2 aromatic carbocycles. The fourth-order valence-electron chi connectivity index (χ4n) is 1.42. The average molecular weight is 215 g/mol. The van der Waals surface area contributed by atoms with E-state index in [4.69, 9.17) is 4.43 Å². The van der Waals surface area contributed by atoms with Gasteiger partial charge < -0.3 is 9.74 Å². The van der Waals surface area contributed by atoms with E-state index in [1.807, 2.05) is 54.6 Å². The zero-order valence-corrected chi connectivity index (χ0v) is 10.6. The van der Waals surface area contributed by atoms with Crippen LogP contribution in [0.25, 0.3) is 0 Å². The van der Waals surface area contributed by atoms with Crippen LogP contribution >= 0.6 is 0 Å². The summed E-state index contributed by atoms with van der Waals surface area (Å²) in [5.41, 5.74) is 2.09. The molecule has 2 rings (SSSR count). The van der Waals surface area contributed by atoms with Crippen LogP contribution in [0.2, 0.25) is 0 Å². The highest BCUT2D eigenvalue weighted by Crippen LogP contribution is 2.26. The van der Waals surface area contributed by atoms with Crippen LogP contribution in [0, 0.1) is 0 Å². The number of rotatable bonds is 3. The lowest BCUT2D eigenvalue weighted by Gasteiger charge is -2.10. The summed E-state index contributed by atoms with van der Waals surface area (Å²) in [5.74, 6) is 0.910. The molecule has 0 heterocycles. The first-order valence-electron chi connectivity index (χ1n) is 4.85. The van der Waals surface area contributed by atoms with Crippen molar-refractivity contribution in [3.63, 3.8) is 0 Å². The fourth-order valence-corrected chi connectivity index (χ4v) is 1.78. The Kier molecular flexibility index (Phi) is 3.04. The molecule has 0 fully saturated rings. The van der Waals surface area contributed by atoms with Gasteiger partial charge in [0.2, 0.25) is 10.5 Å². The highest BCUT2D eigenvalue weighted by atomic mass is 28.2. The van der Waals surface area contributed by atoms with Gasteiger partial charge in [-0.2, -0.15) is 0 Å². The van der Waals surface area contributed by atoms with E-state index in [0.29, 0.717) is 10.5 Å². The van der Waals surface area contributed by atoms with Gasteiger partial charge in [0.25, 0.3) is 0 Å². The zero-order chi connectivity index (χ0) is 10.5. The van der Waals surface area contributed by atoms with Crippen LogP contribution in [-0.2, 0) is 0 Å². The number of hydrogen-bond donors (Lipinski definition) is 1. The standard InChI is InChI=1S/C12H13NOSi/c15-14-12-9-5-4-8-11(12)13-10-6-2-1-3-7-10/h1-9,13H,15H3. The third-order valence-corrected chi connectivity index (χ3v) is 2.60. The largest absolute Gasteiger partial charge is 0.552 e. The first-order chi connectivity index (χ1) is 7.40. The van der Waals surface area contributed by atoms with Gasteiger partial charge in [0.15, 0.2) is 0 Å². The van der Waals surface area contributed by atoms with Gasteiger partial charge in [0.1, 0.15) is 5.75 Å². The third kappa shape index (κ3) is 2.38. The molecule has 0 radical (unpaired) electrons. The van der Waals surface area contributed by atoms with E-state index in [1.165, 1.54) is 0 Å². The molecule has 0 aliphatic rings. The lowest BCUT2D eigenvalue weighted by Crippen LogP contribution is -1.94. The van der Waals surface area contributed by atoms with Gasteiger partial charge >= 0.3 is 0 Å². The molecule has 0 aliphatic carbocycles. The maximum atomic E-state index is 5.39. The van der Waals surface area contributed by atoms with Gasteiger partial charge in [0, 0.05) is 5.69 Å². The Balaban J connectivity index is 2.24. The highest BCUT2D eigenvalue weighted by Gasteiger charge is 1.99. The van der Waals surface area contributed by atoms with Crippen molar-refractivity contribution in [2.75, 3.05) is 5.32 Å². The maximum absolute atomic E-state index is 5.39. The summed E-state index contributed by atoms with van der Waals surface area (Å²) in [6.07, 6.45) is 0. The van der Waals surface area contributed by atoms with E-state index >= 15 is 0 Å². The average Bonchev–Trinajstić information content (AvgIpc) is 2.31. The number of nitrogens with one attached hydrogen (secondary N) is 1. The molecular formula is C12H13NOSi. The number of para-hydroxylation sites is 3. The molecule has 3 heteroatoms. The Hall–Kier alpha value is -1.74. The van der Waals surface area contributed by atoms with Crippen molar-refractivity contribution in [1.82, 2.24) is 0 Å². The first kappa shape index (κ1) is 9.80. The lowest BCUT2D eigenvalue weighted by molar-refractivity contribution is 0.619. The number of anilines is 2. The smallest absolute Gasteiger partial charge is 0.204 e. The Labute approximate surface area is 92.4 Å². The normalized spacial score (nSPS) is 9.87. The van der Waals surface area contributed by atoms with E-state index in [-0.39, 0.29) is 0 Å². The molecule has 0 aliphatic heterocycles. The number of hydrogen-bond acceptors (Lipinski definition) is 2. The predicted molar refractivity (Wildman–Crippen MR) is 66.7 cm³/mol. The van der Waals surface area contributed by atoms with E-state index in [9.17, 15) is 0 Å². The van der Waals surface area contributed by atoms with Gasteiger partial charge in [0.05, 0.1) is 5.69 Å². The Morgan fingerprint density at radius 2 is 1.53 bits per heavy atom. The van der Waals surface area contributed by atoms with Crippen LogP contribution < -0.4 is 9.74 Å². The third-order valence-electron chi connectivity index (χ3n) is 2.16. The molecule has 2 nitrogen and oxygen atoms in total. The van der Waals surface area contributed by atoms with Crippen molar-refractivity contribution in [2.45, 2.75) is 0 Å². The molecule has 1 N–H and O–H groups in total. The summed E-state index contributed by atoms with van der Waals surface area (Å²) in [6, 6.07) is 18.0. The molecule has 0 saturated carbocycles. The molecule has 0 spiro atoms. The highest BCUT2D eigenvalue weighted by molar-refractivity contribution is 6.00. The molecule has 15 heavy (non-hydrogen) atoms. The lowest BCUT2D eigenvalue weighted by atomic mass is 10.2. The van der Waals surface area contributed by atoms with E-state index in [2.05, 4.69) is 5.32 Å². The molecule has 0 aromatic heterocycles. The maximum Gasteiger partial charge on any atom is 0.204 e. The SMILES string of the molecule is [SiH3]Oc1ccccc1Nc1ccccc1. The topological polar surface area (TPSA) is 21.3 Å². The minimum absolute atomic E-state index is 0.702. The molecule has 0 atom stereocenters. The molecule has 2 aromatic rings. The summed E-state index contributed by atoms with van der Waals surface area (Å²) in [6.45, 7) is 0. The van der Waals surface area contributed by atoms with Crippen LogP contribution in [0.15, 0.2) is 54.6 Å². The second kappa shape index (κ2) is 4.66. The van der Waals surface area contributed by atoms with Crippen molar-refractivity contribution < 1.29 is 4.43 Å². The second-order valence-corrected chi connectivity index (χ2v) is 3.60. The first-order valence-corrected chi connectivity index (χ1v) is 5.67. The summed E-state index contributed by atoms with van der Waals surface area (Å²) in [4.78, 5) is 0. The van der Waals surface area contributed by atoms with Crippen LogP contribution in [-0.4, -0.2) is 10.5 Å². The zero-order valence-electron chi connectivity index (χ0n) is 8.60. The van der Waals surface area contributed by atoms with E-state index in [1.54, 1.807) is 0 Å². The Morgan fingerprint density at radius 1 is 0.867 bits per heavy atom. The van der Waals surface area contributed by atoms with Crippen molar-refractivity contribution in [2.24, 2.45) is 0 Å². The van der Waals surface area contributed by atoms with Crippen LogP contribution in [0.4, 0.5) is 11.4 Å². The number of benzene rings is 2. The molecule has 76 valence electrons. The quantitative estimate of drug-likeness (QED) is 0.792. The van der Waals surface area contributed by atoms with Gasteiger partial charge in [-0.3, -0.25) is 0 Å². The van der Waals surface area contributed by atoms with Gasteiger partial charge in [-0.15, -0.1) is 0 Å². The van der Waals surface area contributed by atoms with E-state index < -0.39 is 0 Å². The van der Waals surface area contributed by atoms with E-state index in [0.717, 1.165) is 17.1 Å². The molecule has 0 bridgehead atoms. The summed E-state index contributed by atoms with van der Waals surface area (Å²) < 4.78 is 5.39. The minimum Gasteiger partial charge on any atom is -0.552 e. The second-order valence-electron chi connectivity index (χ2n) is 3.19. The van der Waals surface area contributed by atoms with Gasteiger partial charge in [-0.25, -0.2) is 0 Å². The van der Waals surface area contributed by atoms with Gasteiger partial charge in [-0.05, 0) is 24.3 Å². The molecular weight excluding hydrogens is 202 g/mol. The van der Waals surface area contributed by atoms with Crippen molar-refractivity contribution >= 4 is 21.9 Å². The van der Waals surface area contributed by atoms with Crippen molar-refractivity contribution in [3.05, 3.63) is 54.6 Å². The fraction of sp³-hybridized carbons (Fsp3) is 0. The van der Waals surface area contributed by atoms with Crippen LogP contribution in [0.5, 0.6) is 5.75 Å². The van der Waals surface area contributed by atoms with Crippen molar-refractivity contribution in [1.29, 1.82) is 0 Å². The van der Waals surface area contributed by atoms with Crippen LogP contribution in [0.1, 0.15) is 0 Å². The molecule has 0 unspecified atom stereocenters. The monoisotopic (exact) mass is 215 g/mol. The Morgan fingerprint density at radius 3 is 2.27 bits per heavy atom. The predicted octanol–water partition coefficient (Wildman–Crippen LogP) is 2.09. The van der Waals surface area contributed by atoms with Crippen molar-refractivity contribution in [3.8, 4) is 5.75 Å². The Bertz CT molecular complexity index is 431. The molecule has 0 saturated heterocycles. The summed E-state index contributed by atoms with van der Waals surface area (Å²) in [7, 11) is 0.702.